The fourth-order valence-corrected chi connectivity index (χ4v) is 0.722. The first-order valence-electron chi connectivity index (χ1n) is 2.76. The Labute approximate surface area is 48.7 Å². The molecule has 1 rings (SSSR count). The largest absolute Gasteiger partial charge is 0.397 e. The highest BCUT2D eigenvalue weighted by Crippen LogP contribution is 2.07. The lowest BCUT2D eigenvalue weighted by molar-refractivity contribution is 1.07. The molecule has 0 bridgehead atoms. The summed E-state index contributed by atoms with van der Waals surface area (Å²) < 4.78 is 0. The third-order valence-electron chi connectivity index (χ3n) is 1.22. The molecule has 0 saturated carbocycles. The number of nitrogens with one attached hydrogen (secondary N) is 1. The molecule has 0 aliphatic carbocycles. The van der Waals surface area contributed by atoms with Gasteiger partial charge in [0.25, 0.3) is 0 Å². The van der Waals surface area contributed by atoms with Crippen molar-refractivity contribution in [1.82, 2.24) is 4.98 Å². The summed E-state index contributed by atoms with van der Waals surface area (Å²) >= 11 is 0. The van der Waals surface area contributed by atoms with Gasteiger partial charge in [-0.2, -0.15) is 0 Å². The maximum Gasteiger partial charge on any atom is 0.0524 e. The molecule has 0 spiro atoms. The van der Waals surface area contributed by atoms with Gasteiger partial charge < -0.3 is 10.7 Å². The predicted molar refractivity (Wildman–Crippen MR) is 34.6 cm³/mol. The first-order chi connectivity index (χ1) is 3.84. The minimum atomic E-state index is 0.868. The molecule has 2 heteroatoms. The summed E-state index contributed by atoms with van der Waals surface area (Å²) in [7, 11) is 0. The molecule has 0 aliphatic rings. The van der Waals surface area contributed by atoms with E-state index in [4.69, 9.17) is 5.73 Å². The third kappa shape index (κ3) is 0.689. The molecule has 2 nitrogen and oxygen atoms in total. The quantitative estimate of drug-likeness (QED) is 0.559. The number of hydrogen-bond donors (Lipinski definition) is 2. The van der Waals surface area contributed by atoms with Gasteiger partial charge in [0.2, 0.25) is 0 Å². The van der Waals surface area contributed by atoms with Crippen molar-refractivity contribution in [2.75, 3.05) is 5.73 Å². The second kappa shape index (κ2) is 1.90. The van der Waals surface area contributed by atoms with Gasteiger partial charge in [0.05, 0.1) is 5.69 Å². The topological polar surface area (TPSA) is 41.8 Å². The zero-order valence-corrected chi connectivity index (χ0v) is 4.94. The number of anilines is 1. The number of rotatable bonds is 1. The summed E-state index contributed by atoms with van der Waals surface area (Å²) in [5, 5.41) is 0. The Morgan fingerprint density at radius 3 is 2.75 bits per heavy atom. The number of aromatic amines is 1. The van der Waals surface area contributed by atoms with Crippen LogP contribution in [0, 0.1) is 0 Å². The van der Waals surface area contributed by atoms with Crippen LogP contribution in [0.3, 0.4) is 0 Å². The first-order valence-corrected chi connectivity index (χ1v) is 2.76. The summed E-state index contributed by atoms with van der Waals surface area (Å²) in [5.74, 6) is 0. The Kier molecular flexibility index (Phi) is 1.24. The Balaban J connectivity index is 2.92. The van der Waals surface area contributed by atoms with Crippen molar-refractivity contribution in [3.8, 4) is 0 Å². The van der Waals surface area contributed by atoms with E-state index in [9.17, 15) is 0 Å². The van der Waals surface area contributed by atoms with Gasteiger partial charge in [0.1, 0.15) is 0 Å². The lowest BCUT2D eigenvalue weighted by Crippen LogP contribution is -1.87. The summed E-state index contributed by atoms with van der Waals surface area (Å²) in [6.45, 7) is 2.07. The van der Waals surface area contributed by atoms with Crippen molar-refractivity contribution in [2.24, 2.45) is 0 Å². The van der Waals surface area contributed by atoms with Crippen LogP contribution in [0.15, 0.2) is 12.3 Å². The number of nitrogen functional groups attached to an aromatic ring is 1. The molecule has 0 unspecified atom stereocenters. The van der Waals surface area contributed by atoms with Gasteiger partial charge in [-0.1, -0.05) is 6.92 Å². The number of H-pyrrole nitrogens is 1. The van der Waals surface area contributed by atoms with Crippen LogP contribution in [-0.2, 0) is 6.42 Å². The van der Waals surface area contributed by atoms with Crippen LogP contribution in [0.2, 0.25) is 0 Å². The zero-order chi connectivity index (χ0) is 5.98. The molecule has 1 aromatic rings. The Morgan fingerprint density at radius 1 is 1.75 bits per heavy atom. The highest BCUT2D eigenvalue weighted by molar-refractivity contribution is 5.42. The zero-order valence-electron chi connectivity index (χ0n) is 4.94. The van der Waals surface area contributed by atoms with Crippen molar-refractivity contribution in [3.05, 3.63) is 18.0 Å². The van der Waals surface area contributed by atoms with E-state index in [0.717, 1.165) is 17.8 Å². The fraction of sp³-hybridized carbons (Fsp3) is 0.333. The number of aryl methyl sites for hydroxylation is 1. The third-order valence-corrected chi connectivity index (χ3v) is 1.22. The molecular weight excluding hydrogens is 100 g/mol. The fourth-order valence-electron chi connectivity index (χ4n) is 0.722. The second-order valence-corrected chi connectivity index (χ2v) is 1.77. The monoisotopic (exact) mass is 110 g/mol. The van der Waals surface area contributed by atoms with Gasteiger partial charge in [-0.15, -0.1) is 0 Å². The first kappa shape index (κ1) is 5.22. The van der Waals surface area contributed by atoms with E-state index in [-0.39, 0.29) is 0 Å². The van der Waals surface area contributed by atoms with E-state index < -0.39 is 0 Å². The van der Waals surface area contributed by atoms with E-state index in [1.807, 2.05) is 12.3 Å². The van der Waals surface area contributed by atoms with Crippen LogP contribution in [0.5, 0.6) is 0 Å². The van der Waals surface area contributed by atoms with Crippen LogP contribution in [0.1, 0.15) is 12.6 Å². The minimum Gasteiger partial charge on any atom is -0.397 e. The van der Waals surface area contributed by atoms with E-state index in [1.165, 1.54) is 0 Å². The van der Waals surface area contributed by atoms with Gasteiger partial charge >= 0.3 is 0 Å². The molecule has 0 fully saturated rings. The van der Waals surface area contributed by atoms with Gasteiger partial charge in [-0.05, 0) is 12.5 Å². The van der Waals surface area contributed by atoms with E-state index in [2.05, 4.69) is 11.9 Å². The number of aromatic nitrogens is 1. The molecule has 0 amide bonds. The van der Waals surface area contributed by atoms with Crippen LogP contribution in [0.4, 0.5) is 5.69 Å². The molecule has 44 valence electrons. The summed E-state index contributed by atoms with van der Waals surface area (Å²) in [6, 6.07) is 1.87. The van der Waals surface area contributed by atoms with Crippen LogP contribution in [-0.4, -0.2) is 4.98 Å². The van der Waals surface area contributed by atoms with Crippen molar-refractivity contribution in [1.29, 1.82) is 0 Å². The average Bonchev–Trinajstić information content (AvgIpc) is 2.14. The second-order valence-electron chi connectivity index (χ2n) is 1.77. The van der Waals surface area contributed by atoms with Crippen molar-refractivity contribution in [3.63, 3.8) is 0 Å². The van der Waals surface area contributed by atoms with E-state index >= 15 is 0 Å². The molecule has 0 aliphatic heterocycles. The molecule has 3 N–H and O–H groups in total. The SMILES string of the molecule is CCc1[nH]ccc1N. The highest BCUT2D eigenvalue weighted by atomic mass is 14.7. The molecule has 0 atom stereocenters. The Bertz CT molecular complexity index is 167. The van der Waals surface area contributed by atoms with Crippen molar-refractivity contribution in [2.45, 2.75) is 13.3 Å². The molecule has 0 saturated heterocycles. The molecule has 8 heavy (non-hydrogen) atoms. The maximum absolute atomic E-state index is 5.52. The minimum absolute atomic E-state index is 0.868. The summed E-state index contributed by atoms with van der Waals surface area (Å²) in [4.78, 5) is 3.03. The highest BCUT2D eigenvalue weighted by Gasteiger charge is 1.92. The van der Waals surface area contributed by atoms with Gasteiger partial charge in [0, 0.05) is 11.9 Å². The molecule has 1 aromatic heterocycles. The molecular formula is C6H10N2. The lowest BCUT2D eigenvalue weighted by Gasteiger charge is -1.89. The smallest absolute Gasteiger partial charge is 0.0524 e. The van der Waals surface area contributed by atoms with E-state index in [0.29, 0.717) is 0 Å². The number of nitrogens with two attached hydrogens (primary N) is 1. The van der Waals surface area contributed by atoms with Gasteiger partial charge in [-0.3, -0.25) is 0 Å². The predicted octanol–water partition coefficient (Wildman–Crippen LogP) is 1.16. The lowest BCUT2D eigenvalue weighted by atomic mass is 10.3. The van der Waals surface area contributed by atoms with Crippen molar-refractivity contribution >= 4 is 5.69 Å². The maximum atomic E-state index is 5.52. The Morgan fingerprint density at radius 2 is 2.50 bits per heavy atom. The standard InChI is InChI=1S/C6H10N2/c1-2-6-5(7)3-4-8-6/h3-4,8H,2,7H2,1H3. The van der Waals surface area contributed by atoms with Crippen LogP contribution >= 0.6 is 0 Å². The van der Waals surface area contributed by atoms with Crippen LogP contribution < -0.4 is 5.73 Å². The molecule has 0 radical (unpaired) electrons. The normalized spacial score (nSPS) is 9.62. The number of hydrogen-bond acceptors (Lipinski definition) is 1. The van der Waals surface area contributed by atoms with Crippen molar-refractivity contribution < 1.29 is 0 Å². The Hall–Kier alpha value is -0.920. The summed E-state index contributed by atoms with van der Waals surface area (Å²) in [5.41, 5.74) is 7.52. The summed E-state index contributed by atoms with van der Waals surface area (Å²) in [6.07, 6.45) is 2.84. The molecule has 1 heterocycles. The average molecular weight is 110 g/mol. The van der Waals surface area contributed by atoms with Crippen LogP contribution in [0.25, 0.3) is 0 Å². The molecule has 0 aromatic carbocycles. The van der Waals surface area contributed by atoms with E-state index in [1.54, 1.807) is 0 Å². The van der Waals surface area contributed by atoms with Gasteiger partial charge in [-0.25, -0.2) is 0 Å². The van der Waals surface area contributed by atoms with Gasteiger partial charge in [0.15, 0.2) is 0 Å².